The van der Waals surface area contributed by atoms with Crippen LogP contribution in [0.1, 0.15) is 19.4 Å². The van der Waals surface area contributed by atoms with E-state index in [0.29, 0.717) is 6.54 Å². The third-order valence-corrected chi connectivity index (χ3v) is 3.63. The predicted octanol–water partition coefficient (Wildman–Crippen LogP) is 3.40. The van der Waals surface area contributed by atoms with Crippen LogP contribution >= 0.6 is 23.2 Å². The van der Waals surface area contributed by atoms with Crippen molar-refractivity contribution in [2.24, 2.45) is 5.92 Å². The van der Waals surface area contributed by atoms with Crippen LogP contribution in [0.5, 0.6) is 0 Å². The fourth-order valence-electron chi connectivity index (χ4n) is 1.37. The molecule has 100 valence electrons. The second-order valence-corrected chi connectivity index (χ2v) is 5.41. The monoisotopic (exact) mass is 291 g/mol. The molecule has 1 atom stereocenters. The van der Waals surface area contributed by atoms with Crippen molar-refractivity contribution >= 4 is 29.1 Å². The van der Waals surface area contributed by atoms with Gasteiger partial charge in [0.1, 0.15) is 5.82 Å². The van der Waals surface area contributed by atoms with Crippen molar-refractivity contribution in [1.29, 1.82) is 0 Å². The lowest BCUT2D eigenvalue weighted by Crippen LogP contribution is -2.33. The number of carbonyl (C=O) groups is 1. The third-order valence-electron chi connectivity index (χ3n) is 2.62. The van der Waals surface area contributed by atoms with Gasteiger partial charge in [-0.05, 0) is 18.1 Å². The molecule has 18 heavy (non-hydrogen) atoms. The van der Waals surface area contributed by atoms with E-state index in [2.05, 4.69) is 5.32 Å². The average Bonchev–Trinajstić information content (AvgIpc) is 2.30. The first-order valence-corrected chi connectivity index (χ1v) is 6.57. The van der Waals surface area contributed by atoms with E-state index in [4.69, 9.17) is 23.2 Å². The summed E-state index contributed by atoms with van der Waals surface area (Å²) in [7, 11) is 0. The molecule has 0 saturated carbocycles. The summed E-state index contributed by atoms with van der Waals surface area (Å²) in [6.45, 7) is 4.30. The molecule has 0 fully saturated rings. The highest BCUT2D eigenvalue weighted by molar-refractivity contribution is 6.31. The predicted molar refractivity (Wildman–Crippen MR) is 72.6 cm³/mol. The molecule has 1 aromatic rings. The smallest absolute Gasteiger partial charge is 0.224 e. The Morgan fingerprint density at radius 2 is 2.11 bits per heavy atom. The summed E-state index contributed by atoms with van der Waals surface area (Å²) < 4.78 is 13.4. The number of hydrogen-bond acceptors (Lipinski definition) is 1. The molecule has 1 rings (SSSR count). The Balaban J connectivity index is 2.55. The Morgan fingerprint density at radius 3 is 2.67 bits per heavy atom. The van der Waals surface area contributed by atoms with Gasteiger partial charge in [-0.25, -0.2) is 4.39 Å². The average molecular weight is 292 g/mol. The lowest BCUT2D eigenvalue weighted by atomic mass is 10.1. The second-order valence-electron chi connectivity index (χ2n) is 4.44. The van der Waals surface area contributed by atoms with Crippen LogP contribution in [0.25, 0.3) is 0 Å². The molecule has 0 bridgehead atoms. The van der Waals surface area contributed by atoms with Gasteiger partial charge >= 0.3 is 0 Å². The minimum atomic E-state index is -0.469. The molecule has 0 spiro atoms. The number of rotatable bonds is 5. The normalized spacial score (nSPS) is 12.6. The first-order chi connectivity index (χ1) is 8.41. The zero-order chi connectivity index (χ0) is 13.7. The molecule has 1 N–H and O–H groups in total. The maximum Gasteiger partial charge on any atom is 0.224 e. The zero-order valence-corrected chi connectivity index (χ0v) is 11.9. The molecular formula is C13H16Cl2FNO. The van der Waals surface area contributed by atoms with Gasteiger partial charge in [-0.3, -0.25) is 4.79 Å². The molecular weight excluding hydrogens is 276 g/mol. The summed E-state index contributed by atoms with van der Waals surface area (Å²) in [5, 5.41) is 2.80. The van der Waals surface area contributed by atoms with Crippen LogP contribution in [0.15, 0.2) is 18.2 Å². The van der Waals surface area contributed by atoms with Crippen LogP contribution < -0.4 is 5.32 Å². The molecule has 0 aliphatic carbocycles. The quantitative estimate of drug-likeness (QED) is 0.828. The number of hydrogen-bond donors (Lipinski definition) is 1. The van der Waals surface area contributed by atoms with Crippen molar-refractivity contribution in [3.8, 4) is 0 Å². The molecule has 5 heteroatoms. The lowest BCUT2D eigenvalue weighted by Gasteiger charge is -2.14. The second kappa shape index (κ2) is 6.95. The number of benzene rings is 1. The van der Waals surface area contributed by atoms with Gasteiger partial charge < -0.3 is 5.32 Å². The summed E-state index contributed by atoms with van der Waals surface area (Å²) >= 11 is 11.9. The van der Waals surface area contributed by atoms with Crippen molar-refractivity contribution in [2.45, 2.75) is 25.6 Å². The highest BCUT2D eigenvalue weighted by Gasteiger charge is 2.14. The van der Waals surface area contributed by atoms with Crippen LogP contribution in [-0.2, 0) is 11.2 Å². The van der Waals surface area contributed by atoms with Gasteiger partial charge in [0.05, 0.1) is 11.8 Å². The van der Waals surface area contributed by atoms with Gasteiger partial charge in [0.25, 0.3) is 0 Å². The molecule has 1 amide bonds. The van der Waals surface area contributed by atoms with Gasteiger partial charge in [-0.2, -0.15) is 0 Å². The first kappa shape index (κ1) is 15.3. The fourth-order valence-corrected chi connectivity index (χ4v) is 1.68. The largest absolute Gasteiger partial charge is 0.354 e. The van der Waals surface area contributed by atoms with E-state index >= 15 is 0 Å². The van der Waals surface area contributed by atoms with Crippen LogP contribution in [0, 0.1) is 11.7 Å². The van der Waals surface area contributed by atoms with Crippen molar-refractivity contribution < 1.29 is 9.18 Å². The highest BCUT2D eigenvalue weighted by Crippen LogP contribution is 2.19. The van der Waals surface area contributed by atoms with Gasteiger partial charge in [0.15, 0.2) is 0 Å². The van der Waals surface area contributed by atoms with E-state index in [1.54, 1.807) is 6.07 Å². The van der Waals surface area contributed by atoms with E-state index in [-0.39, 0.29) is 34.2 Å². The van der Waals surface area contributed by atoms with Gasteiger partial charge in [-0.15, -0.1) is 11.6 Å². The minimum absolute atomic E-state index is 0.0762. The van der Waals surface area contributed by atoms with Crippen LogP contribution in [-0.4, -0.2) is 17.8 Å². The SMILES string of the molecule is CC(C)C(Cl)CNC(=O)Cc1c(F)cccc1Cl. The number of nitrogens with one attached hydrogen (secondary N) is 1. The molecule has 0 saturated heterocycles. The third kappa shape index (κ3) is 4.46. The number of carbonyl (C=O) groups excluding carboxylic acids is 1. The van der Waals surface area contributed by atoms with Crippen molar-refractivity contribution in [3.05, 3.63) is 34.6 Å². The van der Waals surface area contributed by atoms with Crippen molar-refractivity contribution in [3.63, 3.8) is 0 Å². The number of alkyl halides is 1. The number of amides is 1. The Morgan fingerprint density at radius 1 is 1.44 bits per heavy atom. The Kier molecular flexibility index (Phi) is 5.89. The van der Waals surface area contributed by atoms with Crippen LogP contribution in [0.2, 0.25) is 5.02 Å². The summed E-state index contributed by atoms with van der Waals surface area (Å²) in [5.74, 6) is -0.485. The molecule has 0 heterocycles. The summed E-state index contributed by atoms with van der Waals surface area (Å²) in [4.78, 5) is 11.6. The molecule has 0 radical (unpaired) electrons. The van der Waals surface area contributed by atoms with E-state index in [9.17, 15) is 9.18 Å². The van der Waals surface area contributed by atoms with Gasteiger partial charge in [-0.1, -0.05) is 31.5 Å². The molecule has 1 aromatic carbocycles. The first-order valence-electron chi connectivity index (χ1n) is 5.75. The molecule has 0 aliphatic heterocycles. The van der Waals surface area contributed by atoms with Gasteiger partial charge in [0.2, 0.25) is 5.91 Å². The van der Waals surface area contributed by atoms with E-state index in [1.807, 2.05) is 13.8 Å². The fraction of sp³-hybridized carbons (Fsp3) is 0.462. The molecule has 2 nitrogen and oxygen atoms in total. The molecule has 1 unspecified atom stereocenters. The van der Waals surface area contributed by atoms with Crippen LogP contribution in [0.3, 0.4) is 0 Å². The Bertz CT molecular complexity index is 403. The zero-order valence-electron chi connectivity index (χ0n) is 10.3. The lowest BCUT2D eigenvalue weighted by molar-refractivity contribution is -0.120. The highest BCUT2D eigenvalue weighted by atomic mass is 35.5. The van der Waals surface area contributed by atoms with E-state index in [0.717, 1.165) is 0 Å². The molecule has 0 aromatic heterocycles. The maximum absolute atomic E-state index is 13.4. The summed E-state index contributed by atoms with van der Waals surface area (Å²) in [5.41, 5.74) is 0.215. The van der Waals surface area contributed by atoms with E-state index in [1.165, 1.54) is 12.1 Å². The van der Waals surface area contributed by atoms with E-state index < -0.39 is 5.82 Å². The summed E-state index contributed by atoms with van der Waals surface area (Å²) in [6.07, 6.45) is -0.0762. The van der Waals surface area contributed by atoms with Crippen molar-refractivity contribution in [2.75, 3.05) is 6.54 Å². The van der Waals surface area contributed by atoms with Gasteiger partial charge in [0, 0.05) is 17.1 Å². The topological polar surface area (TPSA) is 29.1 Å². The molecule has 0 aliphatic rings. The number of halogens is 3. The Hall–Kier alpha value is -0.800. The standard InChI is InChI=1S/C13H16Cl2FNO/c1-8(2)11(15)7-17-13(18)6-9-10(14)4-3-5-12(9)16/h3-5,8,11H,6-7H2,1-2H3,(H,17,18). The van der Waals surface area contributed by atoms with Crippen molar-refractivity contribution in [1.82, 2.24) is 5.32 Å². The Labute approximate surface area is 116 Å². The summed E-state index contributed by atoms with van der Waals surface area (Å²) in [6, 6.07) is 4.35. The maximum atomic E-state index is 13.4. The minimum Gasteiger partial charge on any atom is -0.354 e. The van der Waals surface area contributed by atoms with Crippen LogP contribution in [0.4, 0.5) is 4.39 Å².